The van der Waals surface area contributed by atoms with E-state index in [1.807, 2.05) is 50.2 Å². The van der Waals surface area contributed by atoms with Crippen molar-refractivity contribution in [2.24, 2.45) is 11.8 Å². The van der Waals surface area contributed by atoms with Gasteiger partial charge in [-0.15, -0.1) is 0 Å². The highest BCUT2D eigenvalue weighted by Gasteiger charge is 2.61. The Morgan fingerprint density at radius 3 is 2.67 bits per heavy atom. The highest BCUT2D eigenvalue weighted by atomic mass is 16.5. The average molecular weight is 726 g/mol. The number of aromatic nitrogens is 3. The number of para-hydroxylation sites is 1. The number of benzene rings is 3. The van der Waals surface area contributed by atoms with E-state index >= 15 is 0 Å². The predicted octanol–water partition coefficient (Wildman–Crippen LogP) is 7.14. The quantitative estimate of drug-likeness (QED) is 0.119. The molecule has 3 aromatic carbocycles. The van der Waals surface area contributed by atoms with Crippen molar-refractivity contribution >= 4 is 28.3 Å². The van der Waals surface area contributed by atoms with E-state index < -0.39 is 29.2 Å². The first kappa shape index (κ1) is 32.7. The van der Waals surface area contributed by atoms with Crippen LogP contribution in [0.5, 0.6) is 11.5 Å². The lowest BCUT2D eigenvalue weighted by molar-refractivity contribution is -0.141. The van der Waals surface area contributed by atoms with Gasteiger partial charge < -0.3 is 39.4 Å². The van der Waals surface area contributed by atoms with E-state index in [1.165, 1.54) is 0 Å². The molecule has 4 atom stereocenters. The van der Waals surface area contributed by atoms with Crippen molar-refractivity contribution < 1.29 is 33.4 Å². The first-order valence-corrected chi connectivity index (χ1v) is 18.6. The highest BCUT2D eigenvalue weighted by Crippen LogP contribution is 2.61. The SMILES string of the molecule is CCC(O)(CC)C(=O)C[C@H]1Cc2ccc3c(c2)C24c5cccc(c5N[C@H]2O3)-c2ccc(O)c3[nH]cc(c23)-c2cnc(o2)-c2nc(oc24)[C@H](C(C)C)NC1=O. The zero-order valence-electron chi connectivity index (χ0n) is 30.2. The Morgan fingerprint density at radius 2 is 1.87 bits per heavy atom. The van der Waals surface area contributed by atoms with Crippen LogP contribution < -0.4 is 15.4 Å². The van der Waals surface area contributed by atoms with E-state index in [1.54, 1.807) is 32.3 Å². The van der Waals surface area contributed by atoms with Gasteiger partial charge in [-0.25, -0.2) is 9.97 Å². The molecule has 4 aliphatic heterocycles. The molecule has 0 aliphatic carbocycles. The molecule has 12 nitrogen and oxygen atoms in total. The Hall–Kier alpha value is -5.88. The molecule has 4 aliphatic rings. The summed E-state index contributed by atoms with van der Waals surface area (Å²) in [6, 6.07) is 14.9. The molecule has 274 valence electrons. The monoisotopic (exact) mass is 725 g/mol. The van der Waals surface area contributed by atoms with Gasteiger partial charge in [0.15, 0.2) is 29.2 Å². The number of nitrogens with zero attached hydrogens (tertiary/aromatic N) is 2. The molecule has 12 heteroatoms. The molecule has 5 N–H and O–H groups in total. The fraction of sp³-hybridized carbons (Fsp3) is 0.333. The second-order valence-corrected chi connectivity index (χ2v) is 15.4. The molecular weight excluding hydrogens is 686 g/mol. The van der Waals surface area contributed by atoms with Crippen LogP contribution in [0.4, 0.5) is 5.69 Å². The molecule has 0 radical (unpaired) electrons. The Kier molecular flexibility index (Phi) is 6.86. The number of amides is 1. The summed E-state index contributed by atoms with van der Waals surface area (Å²) >= 11 is 0. The fourth-order valence-electron chi connectivity index (χ4n) is 9.08. The number of H-pyrrole nitrogens is 1. The number of ketones is 1. The third kappa shape index (κ3) is 4.28. The van der Waals surface area contributed by atoms with Crippen LogP contribution in [-0.2, 0) is 21.4 Å². The molecule has 0 fully saturated rings. The maximum atomic E-state index is 14.3. The summed E-state index contributed by atoms with van der Waals surface area (Å²) in [6.45, 7) is 7.51. The zero-order chi connectivity index (χ0) is 37.3. The van der Waals surface area contributed by atoms with Gasteiger partial charge >= 0.3 is 0 Å². The Labute approximate surface area is 310 Å². The van der Waals surface area contributed by atoms with Crippen LogP contribution in [0.2, 0.25) is 0 Å². The van der Waals surface area contributed by atoms with E-state index in [4.69, 9.17) is 23.5 Å². The Balaban J connectivity index is 1.27. The van der Waals surface area contributed by atoms with Crippen LogP contribution in [0.15, 0.2) is 69.8 Å². The van der Waals surface area contributed by atoms with Crippen LogP contribution in [0.3, 0.4) is 0 Å². The van der Waals surface area contributed by atoms with Gasteiger partial charge in [-0.05, 0) is 54.5 Å². The smallest absolute Gasteiger partial charge is 0.249 e. The second kappa shape index (κ2) is 11.3. The number of anilines is 1. The first-order chi connectivity index (χ1) is 26.0. The third-order valence-electron chi connectivity index (χ3n) is 12.2. The predicted molar refractivity (Wildman–Crippen MR) is 199 cm³/mol. The molecular formula is C42H39N5O7. The number of aromatic amines is 1. The number of carbonyl (C=O) groups excluding carboxylic acids is 2. The molecule has 10 bridgehead atoms. The lowest BCUT2D eigenvalue weighted by Crippen LogP contribution is -2.43. The zero-order valence-corrected chi connectivity index (χ0v) is 30.2. The molecule has 7 heterocycles. The van der Waals surface area contributed by atoms with E-state index in [2.05, 4.69) is 21.7 Å². The van der Waals surface area contributed by atoms with Crippen LogP contribution in [0, 0.1) is 11.8 Å². The van der Waals surface area contributed by atoms with Crippen molar-refractivity contribution in [1.82, 2.24) is 20.3 Å². The minimum absolute atomic E-state index is 0.107. The highest BCUT2D eigenvalue weighted by molar-refractivity contribution is 6.09. The summed E-state index contributed by atoms with van der Waals surface area (Å²) in [5.74, 6) is 0.524. The van der Waals surface area contributed by atoms with Gasteiger partial charge in [0.2, 0.25) is 17.7 Å². The Morgan fingerprint density at radius 1 is 1.04 bits per heavy atom. The number of phenols is 1. The van der Waals surface area contributed by atoms with Crippen molar-refractivity contribution in [3.8, 4) is 45.5 Å². The number of carbonyl (C=O) groups is 2. The number of hydrogen-bond donors (Lipinski definition) is 5. The largest absolute Gasteiger partial charge is 0.506 e. The molecule has 10 rings (SSSR count). The number of hydrogen-bond acceptors (Lipinski definition) is 10. The van der Waals surface area contributed by atoms with E-state index in [0.717, 1.165) is 38.9 Å². The Bertz CT molecular complexity index is 2560. The van der Waals surface area contributed by atoms with Gasteiger partial charge in [-0.2, -0.15) is 0 Å². The summed E-state index contributed by atoms with van der Waals surface area (Å²) in [6.07, 6.45) is 3.40. The normalized spacial score (nSPS) is 21.9. The van der Waals surface area contributed by atoms with E-state index in [-0.39, 0.29) is 60.8 Å². The number of aliphatic hydroxyl groups is 1. The minimum atomic E-state index is -1.52. The van der Waals surface area contributed by atoms with Crippen LogP contribution in [0.25, 0.3) is 44.9 Å². The molecule has 1 spiro atoms. The summed E-state index contributed by atoms with van der Waals surface area (Å²) in [5.41, 5.74) is 4.17. The number of Topliss-reactive ketones (excluding diaryl/α,β-unsaturated/α-hetero) is 1. The summed E-state index contributed by atoms with van der Waals surface area (Å²) in [7, 11) is 0. The van der Waals surface area contributed by atoms with Gasteiger partial charge in [-0.1, -0.05) is 58.0 Å². The maximum Gasteiger partial charge on any atom is 0.249 e. The van der Waals surface area contributed by atoms with Crippen molar-refractivity contribution in [3.63, 3.8) is 0 Å². The van der Waals surface area contributed by atoms with Gasteiger partial charge in [0.1, 0.15) is 28.6 Å². The molecule has 0 saturated heterocycles. The number of aromatic hydroxyl groups is 1. The van der Waals surface area contributed by atoms with Crippen molar-refractivity contribution in [3.05, 3.63) is 89.3 Å². The van der Waals surface area contributed by atoms with Gasteiger partial charge in [0.25, 0.3) is 0 Å². The van der Waals surface area contributed by atoms with Crippen LogP contribution in [0.1, 0.15) is 81.3 Å². The van der Waals surface area contributed by atoms with E-state index in [9.17, 15) is 19.8 Å². The minimum Gasteiger partial charge on any atom is -0.506 e. The maximum absolute atomic E-state index is 14.3. The first-order valence-electron chi connectivity index (χ1n) is 18.6. The third-order valence-corrected chi connectivity index (χ3v) is 12.2. The lowest BCUT2D eigenvalue weighted by Gasteiger charge is -2.29. The van der Waals surface area contributed by atoms with Gasteiger partial charge in [0, 0.05) is 51.9 Å². The molecule has 1 amide bonds. The molecule has 0 saturated carbocycles. The number of rotatable bonds is 6. The average Bonchev–Trinajstić information content (AvgIpc) is 3.99. The standard InChI is InChI=1S/C42H39N5O7/c1-5-41(51,6-2)30(49)16-21-14-20-10-13-28-26(15-20)42-25-9-7-8-23(33(25)47-40(42)53-28)22-11-12-27(48)34-31(22)24(17-43-34)29-18-44-38(52-29)35-36(42)54-39(46-35)32(19(3)4)45-37(21)50/h7-13,15,17-19,21,32,40,43,47-48,51H,5-6,14,16H2,1-4H3,(H,45,50)/t21-,32+,40+,42?/m1/s1. The van der Waals surface area contributed by atoms with Crippen molar-refractivity contribution in [1.29, 1.82) is 0 Å². The number of phenolic OH excluding ortho intramolecular Hbond substituents is 1. The summed E-state index contributed by atoms with van der Waals surface area (Å²) in [4.78, 5) is 41.1. The number of ether oxygens (including phenoxy) is 1. The van der Waals surface area contributed by atoms with Gasteiger partial charge in [-0.3, -0.25) is 9.59 Å². The summed E-state index contributed by atoms with van der Waals surface area (Å²) in [5, 5.41) is 29.8. The van der Waals surface area contributed by atoms with Crippen LogP contribution >= 0.6 is 0 Å². The molecule has 3 aromatic heterocycles. The summed E-state index contributed by atoms with van der Waals surface area (Å²) < 4.78 is 20.4. The molecule has 6 aromatic rings. The number of oxazole rings is 2. The molecule has 54 heavy (non-hydrogen) atoms. The van der Waals surface area contributed by atoms with E-state index in [0.29, 0.717) is 34.0 Å². The van der Waals surface area contributed by atoms with Crippen molar-refractivity contribution in [2.75, 3.05) is 5.32 Å². The topological polar surface area (TPSA) is 176 Å². The second-order valence-electron chi connectivity index (χ2n) is 15.4. The molecule has 1 unspecified atom stereocenters. The van der Waals surface area contributed by atoms with Gasteiger partial charge in [0.05, 0.1) is 11.7 Å². The van der Waals surface area contributed by atoms with Crippen molar-refractivity contribution in [2.45, 2.75) is 76.7 Å². The lowest BCUT2D eigenvalue weighted by atomic mass is 9.72. The number of nitrogens with one attached hydrogen (secondary N) is 3. The fourth-order valence-corrected chi connectivity index (χ4v) is 9.08. The number of fused-ring (bicyclic) bond motifs is 7. The van der Waals surface area contributed by atoms with Crippen LogP contribution in [-0.4, -0.2) is 48.7 Å².